The normalized spacial score (nSPS) is 13.1. The van der Waals surface area contributed by atoms with E-state index in [0.29, 0.717) is 47.1 Å². The second-order valence-corrected chi connectivity index (χ2v) is 7.83. The predicted octanol–water partition coefficient (Wildman–Crippen LogP) is 4.60. The molecule has 1 aliphatic rings. The van der Waals surface area contributed by atoms with Crippen LogP contribution in [0.25, 0.3) is 21.8 Å². The number of nitrogens with one attached hydrogen (secondary N) is 1. The number of aromatic nitrogens is 2. The SMILES string of the molecule is COCCOc1cc2nccc(Oc3cc4ccccc4n3C(=O)NC3CC3)c2cc1C#N. The molecule has 5 rings (SSSR count). The standard InChI is InChI=1S/C25H22N4O4/c1-31-10-11-32-23-14-20-19(12-17(23)15-26)22(8-9-27-20)33-24-13-16-4-2-3-5-21(16)29(24)25(30)28-18-6-7-18/h2-5,8-9,12-14,18H,6-7,10-11H2,1H3,(H,28,30). The summed E-state index contributed by atoms with van der Waals surface area (Å²) < 4.78 is 18.5. The van der Waals surface area contributed by atoms with Crippen LogP contribution in [0.1, 0.15) is 18.4 Å². The Hall–Kier alpha value is -4.09. The Labute approximate surface area is 190 Å². The van der Waals surface area contributed by atoms with Gasteiger partial charge < -0.3 is 19.5 Å². The van der Waals surface area contributed by atoms with E-state index >= 15 is 0 Å². The molecule has 0 saturated heterocycles. The molecule has 0 unspecified atom stereocenters. The molecule has 1 amide bonds. The van der Waals surface area contributed by atoms with E-state index in [4.69, 9.17) is 14.2 Å². The van der Waals surface area contributed by atoms with E-state index in [1.807, 2.05) is 30.3 Å². The maximum Gasteiger partial charge on any atom is 0.329 e. The number of nitrogens with zero attached hydrogens (tertiary/aromatic N) is 3. The summed E-state index contributed by atoms with van der Waals surface area (Å²) in [6.07, 6.45) is 3.60. The van der Waals surface area contributed by atoms with Gasteiger partial charge in [-0.25, -0.2) is 9.36 Å². The molecule has 0 radical (unpaired) electrons. The molecule has 4 aromatic rings. The lowest BCUT2D eigenvalue weighted by atomic mass is 10.1. The minimum Gasteiger partial charge on any atom is -0.490 e. The summed E-state index contributed by atoms with van der Waals surface area (Å²) >= 11 is 0. The number of hydrogen-bond donors (Lipinski definition) is 1. The average molecular weight is 442 g/mol. The molecule has 166 valence electrons. The van der Waals surface area contributed by atoms with Gasteiger partial charge in [-0.3, -0.25) is 4.98 Å². The van der Waals surface area contributed by atoms with Crippen LogP contribution in [0, 0.1) is 11.3 Å². The number of pyridine rings is 1. The first-order valence-corrected chi connectivity index (χ1v) is 10.7. The first-order chi connectivity index (χ1) is 16.2. The predicted molar refractivity (Wildman–Crippen MR) is 123 cm³/mol. The number of fused-ring (bicyclic) bond motifs is 2. The van der Waals surface area contributed by atoms with Gasteiger partial charge in [0.1, 0.15) is 24.2 Å². The quantitative estimate of drug-likeness (QED) is 0.420. The minimum atomic E-state index is -0.224. The fraction of sp³-hybridized carbons (Fsp3) is 0.240. The number of carbonyl (C=O) groups excluding carboxylic acids is 1. The highest BCUT2D eigenvalue weighted by Crippen LogP contribution is 2.35. The Bertz CT molecular complexity index is 1380. The van der Waals surface area contributed by atoms with Crippen LogP contribution in [0.2, 0.25) is 0 Å². The molecular weight excluding hydrogens is 420 g/mol. The van der Waals surface area contributed by atoms with Crippen LogP contribution < -0.4 is 14.8 Å². The molecule has 2 aromatic carbocycles. The number of amides is 1. The van der Waals surface area contributed by atoms with Crippen LogP contribution >= 0.6 is 0 Å². The van der Waals surface area contributed by atoms with Crippen molar-refractivity contribution in [2.45, 2.75) is 18.9 Å². The van der Waals surface area contributed by atoms with Crippen molar-refractivity contribution in [2.24, 2.45) is 0 Å². The molecule has 1 saturated carbocycles. The summed E-state index contributed by atoms with van der Waals surface area (Å²) in [5.74, 6) is 1.31. The van der Waals surface area contributed by atoms with Gasteiger partial charge in [0.25, 0.3) is 0 Å². The van der Waals surface area contributed by atoms with Gasteiger partial charge in [-0.15, -0.1) is 0 Å². The lowest BCUT2D eigenvalue weighted by Crippen LogP contribution is -2.30. The summed E-state index contributed by atoms with van der Waals surface area (Å²) in [7, 11) is 1.59. The fourth-order valence-corrected chi connectivity index (χ4v) is 3.67. The van der Waals surface area contributed by atoms with Crippen molar-refractivity contribution in [3.8, 4) is 23.4 Å². The van der Waals surface area contributed by atoms with E-state index < -0.39 is 0 Å². The highest BCUT2D eigenvalue weighted by atomic mass is 16.5. The number of benzene rings is 2. The third kappa shape index (κ3) is 4.19. The van der Waals surface area contributed by atoms with Crippen molar-refractivity contribution < 1.29 is 19.0 Å². The van der Waals surface area contributed by atoms with Gasteiger partial charge in [0.05, 0.1) is 23.2 Å². The van der Waals surface area contributed by atoms with Gasteiger partial charge >= 0.3 is 6.03 Å². The smallest absolute Gasteiger partial charge is 0.329 e. The molecule has 1 aliphatic carbocycles. The summed E-state index contributed by atoms with van der Waals surface area (Å²) in [5, 5.41) is 14.2. The van der Waals surface area contributed by atoms with Gasteiger partial charge in [0, 0.05) is 42.3 Å². The summed E-state index contributed by atoms with van der Waals surface area (Å²) in [6.45, 7) is 0.732. The second-order valence-electron chi connectivity index (χ2n) is 7.83. The van der Waals surface area contributed by atoms with Crippen LogP contribution in [0.15, 0.2) is 54.7 Å². The van der Waals surface area contributed by atoms with Crippen molar-refractivity contribution in [2.75, 3.05) is 20.3 Å². The summed E-state index contributed by atoms with van der Waals surface area (Å²) in [5.41, 5.74) is 1.74. The molecular formula is C25H22N4O4. The number of methoxy groups -OCH3 is 1. The number of ether oxygens (including phenoxy) is 3. The topological polar surface area (TPSA) is 98.4 Å². The molecule has 2 aromatic heterocycles. The average Bonchev–Trinajstić information content (AvgIpc) is 3.56. The van der Waals surface area contributed by atoms with Crippen molar-refractivity contribution in [3.63, 3.8) is 0 Å². The lowest BCUT2D eigenvalue weighted by Gasteiger charge is -2.14. The van der Waals surface area contributed by atoms with E-state index in [0.717, 1.165) is 23.7 Å². The fourth-order valence-electron chi connectivity index (χ4n) is 3.67. The Morgan fingerprint density at radius 2 is 2.03 bits per heavy atom. The molecule has 0 aliphatic heterocycles. The van der Waals surface area contributed by atoms with E-state index in [2.05, 4.69) is 16.4 Å². The van der Waals surface area contributed by atoms with E-state index in [1.165, 1.54) is 0 Å². The molecule has 1 fully saturated rings. The molecule has 8 nitrogen and oxygen atoms in total. The van der Waals surface area contributed by atoms with Crippen LogP contribution in [0.4, 0.5) is 4.79 Å². The highest BCUT2D eigenvalue weighted by molar-refractivity contribution is 5.95. The van der Waals surface area contributed by atoms with E-state index in [9.17, 15) is 10.1 Å². The zero-order valence-corrected chi connectivity index (χ0v) is 18.1. The third-order valence-corrected chi connectivity index (χ3v) is 5.47. The molecule has 0 spiro atoms. The molecule has 8 heteroatoms. The zero-order valence-electron chi connectivity index (χ0n) is 18.1. The molecule has 0 atom stereocenters. The van der Waals surface area contributed by atoms with Crippen molar-refractivity contribution >= 4 is 27.8 Å². The Kier molecular flexibility index (Phi) is 5.55. The molecule has 2 heterocycles. The van der Waals surface area contributed by atoms with Gasteiger partial charge in [0.2, 0.25) is 5.88 Å². The highest BCUT2D eigenvalue weighted by Gasteiger charge is 2.26. The van der Waals surface area contributed by atoms with E-state index in [-0.39, 0.29) is 12.1 Å². The van der Waals surface area contributed by atoms with Crippen molar-refractivity contribution in [1.29, 1.82) is 5.26 Å². The van der Waals surface area contributed by atoms with Crippen LogP contribution in [-0.4, -0.2) is 41.9 Å². The Balaban J connectivity index is 1.55. The first kappa shape index (κ1) is 20.8. The van der Waals surface area contributed by atoms with Crippen molar-refractivity contribution in [1.82, 2.24) is 14.9 Å². The number of nitriles is 1. The Morgan fingerprint density at radius 3 is 2.82 bits per heavy atom. The number of rotatable bonds is 7. The van der Waals surface area contributed by atoms with E-state index in [1.54, 1.807) is 36.1 Å². The lowest BCUT2D eigenvalue weighted by molar-refractivity contribution is 0.146. The van der Waals surface area contributed by atoms with Gasteiger partial charge in [-0.2, -0.15) is 5.26 Å². The molecule has 0 bridgehead atoms. The number of para-hydroxylation sites is 1. The summed E-state index contributed by atoms with van der Waals surface area (Å²) in [6, 6.07) is 16.7. The second kappa shape index (κ2) is 8.81. The van der Waals surface area contributed by atoms with Gasteiger partial charge in [-0.05, 0) is 31.0 Å². The maximum atomic E-state index is 13.0. The minimum absolute atomic E-state index is 0.211. The van der Waals surface area contributed by atoms with Crippen molar-refractivity contribution in [3.05, 3.63) is 60.3 Å². The third-order valence-electron chi connectivity index (χ3n) is 5.47. The number of carbonyl (C=O) groups is 1. The van der Waals surface area contributed by atoms with Gasteiger partial charge in [0.15, 0.2) is 0 Å². The summed E-state index contributed by atoms with van der Waals surface area (Å²) in [4.78, 5) is 17.4. The van der Waals surface area contributed by atoms with Gasteiger partial charge in [-0.1, -0.05) is 18.2 Å². The number of hydrogen-bond acceptors (Lipinski definition) is 6. The van der Waals surface area contributed by atoms with Crippen LogP contribution in [0.3, 0.4) is 0 Å². The Morgan fingerprint density at radius 1 is 1.18 bits per heavy atom. The molecule has 33 heavy (non-hydrogen) atoms. The monoisotopic (exact) mass is 442 g/mol. The largest absolute Gasteiger partial charge is 0.490 e. The first-order valence-electron chi connectivity index (χ1n) is 10.7. The zero-order chi connectivity index (χ0) is 22.8. The molecule has 1 N–H and O–H groups in total. The van der Waals surface area contributed by atoms with Crippen LogP contribution in [-0.2, 0) is 4.74 Å². The maximum absolute atomic E-state index is 13.0. The van der Waals surface area contributed by atoms with Crippen LogP contribution in [0.5, 0.6) is 17.4 Å².